The molecule has 2 aromatic rings. The Kier molecular flexibility index (Phi) is 5.03. The lowest BCUT2D eigenvalue weighted by molar-refractivity contribution is 0.863. The highest BCUT2D eigenvalue weighted by Gasteiger charge is 2.08. The van der Waals surface area contributed by atoms with Gasteiger partial charge in [-0.05, 0) is 56.0 Å². The van der Waals surface area contributed by atoms with E-state index in [2.05, 4.69) is 80.9 Å². The second kappa shape index (κ2) is 6.97. The number of anilines is 1. The van der Waals surface area contributed by atoms with Crippen molar-refractivity contribution in [3.63, 3.8) is 0 Å². The first-order valence-electron chi connectivity index (χ1n) is 7.34. The van der Waals surface area contributed by atoms with Crippen LogP contribution in [0.25, 0.3) is 0 Å². The molecule has 1 heteroatoms. The van der Waals surface area contributed by atoms with Gasteiger partial charge in [-0.1, -0.05) is 48.5 Å². The van der Waals surface area contributed by atoms with E-state index in [0.29, 0.717) is 0 Å². The molecule has 0 fully saturated rings. The van der Waals surface area contributed by atoms with Gasteiger partial charge in [0.1, 0.15) is 0 Å². The molecule has 108 valence electrons. The number of nitrogens with one attached hydrogen (secondary N) is 1. The molecule has 0 aliphatic rings. The first kappa shape index (κ1) is 15.2. The van der Waals surface area contributed by atoms with Gasteiger partial charge in [0.05, 0.1) is 6.04 Å². The molecule has 1 nitrogen and oxygen atoms in total. The zero-order valence-electron chi connectivity index (χ0n) is 13.1. The van der Waals surface area contributed by atoms with Gasteiger partial charge in [0.15, 0.2) is 0 Å². The zero-order chi connectivity index (χ0) is 15.2. The van der Waals surface area contributed by atoms with Gasteiger partial charge in [0.25, 0.3) is 0 Å². The molecule has 1 unspecified atom stereocenters. The van der Waals surface area contributed by atoms with E-state index in [1.807, 2.05) is 6.08 Å². The maximum Gasteiger partial charge on any atom is 0.0558 e. The Morgan fingerprint density at radius 3 is 2.38 bits per heavy atom. The van der Waals surface area contributed by atoms with Crippen molar-refractivity contribution in [3.8, 4) is 0 Å². The molecule has 0 amide bonds. The molecule has 0 aliphatic heterocycles. The molecule has 2 rings (SSSR count). The van der Waals surface area contributed by atoms with Crippen LogP contribution in [-0.2, 0) is 6.42 Å². The highest BCUT2D eigenvalue weighted by molar-refractivity contribution is 5.54. The normalized spacial score (nSPS) is 11.6. The van der Waals surface area contributed by atoms with Crippen LogP contribution >= 0.6 is 0 Å². The van der Waals surface area contributed by atoms with Crippen LogP contribution in [0.5, 0.6) is 0 Å². The molecule has 0 radical (unpaired) electrons. The Hall–Kier alpha value is -2.24. The van der Waals surface area contributed by atoms with Gasteiger partial charge >= 0.3 is 0 Å². The van der Waals surface area contributed by atoms with E-state index in [0.717, 1.165) is 6.42 Å². The highest BCUT2D eigenvalue weighted by Crippen LogP contribution is 2.19. The topological polar surface area (TPSA) is 12.0 Å². The van der Waals surface area contributed by atoms with E-state index < -0.39 is 0 Å². The van der Waals surface area contributed by atoms with Gasteiger partial charge in [-0.25, -0.2) is 0 Å². The van der Waals surface area contributed by atoms with E-state index in [1.54, 1.807) is 0 Å². The van der Waals surface area contributed by atoms with Crippen LogP contribution in [0, 0.1) is 20.8 Å². The van der Waals surface area contributed by atoms with Gasteiger partial charge in [-0.3, -0.25) is 0 Å². The van der Waals surface area contributed by atoms with Crippen LogP contribution in [0.15, 0.2) is 60.9 Å². The van der Waals surface area contributed by atoms with Gasteiger partial charge in [0.2, 0.25) is 0 Å². The van der Waals surface area contributed by atoms with Crippen LogP contribution in [0.1, 0.15) is 22.3 Å². The van der Waals surface area contributed by atoms with Gasteiger partial charge in [0, 0.05) is 5.69 Å². The molecule has 0 aromatic heterocycles. The van der Waals surface area contributed by atoms with E-state index in [4.69, 9.17) is 0 Å². The monoisotopic (exact) mass is 277 g/mol. The SMILES string of the molecule is C=C=CC(Cc1ccc(C)cc1)Nc1cc(C)ccc1C. The van der Waals surface area contributed by atoms with Crippen molar-refractivity contribution in [2.75, 3.05) is 5.32 Å². The maximum atomic E-state index is 3.72. The molecule has 21 heavy (non-hydrogen) atoms. The second-order valence-corrected chi connectivity index (χ2v) is 5.63. The lowest BCUT2D eigenvalue weighted by atomic mass is 10.0. The van der Waals surface area contributed by atoms with Crippen LogP contribution < -0.4 is 5.32 Å². The highest BCUT2D eigenvalue weighted by atomic mass is 14.9. The van der Waals surface area contributed by atoms with Gasteiger partial charge < -0.3 is 5.32 Å². The minimum atomic E-state index is 0.200. The third-order valence-corrected chi connectivity index (χ3v) is 3.63. The van der Waals surface area contributed by atoms with Crippen LogP contribution in [0.3, 0.4) is 0 Å². The number of rotatable bonds is 5. The fourth-order valence-corrected chi connectivity index (χ4v) is 2.36. The summed E-state index contributed by atoms with van der Waals surface area (Å²) in [6.45, 7) is 10.1. The van der Waals surface area contributed by atoms with Crippen molar-refractivity contribution in [2.24, 2.45) is 0 Å². The predicted molar refractivity (Wildman–Crippen MR) is 91.9 cm³/mol. The molecule has 0 heterocycles. The Morgan fingerprint density at radius 2 is 1.71 bits per heavy atom. The summed E-state index contributed by atoms with van der Waals surface area (Å²) in [6.07, 6.45) is 2.93. The average Bonchev–Trinajstić information content (AvgIpc) is 2.45. The summed E-state index contributed by atoms with van der Waals surface area (Å²) < 4.78 is 0. The van der Waals surface area contributed by atoms with Crippen molar-refractivity contribution in [3.05, 3.63) is 83.1 Å². The molecule has 0 saturated heterocycles. The van der Waals surface area contributed by atoms with Crippen LogP contribution in [0.2, 0.25) is 0 Å². The maximum absolute atomic E-state index is 3.72. The Morgan fingerprint density at radius 1 is 1.05 bits per heavy atom. The fourth-order valence-electron chi connectivity index (χ4n) is 2.36. The number of hydrogen-bond acceptors (Lipinski definition) is 1. The molecule has 0 spiro atoms. The Labute approximate surface area is 128 Å². The van der Waals surface area contributed by atoms with Crippen molar-refractivity contribution in [1.29, 1.82) is 0 Å². The molecular weight excluding hydrogens is 254 g/mol. The molecule has 0 saturated carbocycles. The van der Waals surface area contributed by atoms with Crippen LogP contribution in [0.4, 0.5) is 5.69 Å². The smallest absolute Gasteiger partial charge is 0.0558 e. The van der Waals surface area contributed by atoms with Crippen molar-refractivity contribution in [2.45, 2.75) is 33.2 Å². The van der Waals surface area contributed by atoms with E-state index >= 15 is 0 Å². The van der Waals surface area contributed by atoms with Crippen molar-refractivity contribution in [1.82, 2.24) is 0 Å². The molecule has 0 bridgehead atoms. The van der Waals surface area contributed by atoms with E-state index in [-0.39, 0.29) is 6.04 Å². The molecule has 1 atom stereocenters. The largest absolute Gasteiger partial charge is 0.378 e. The van der Waals surface area contributed by atoms with E-state index in [1.165, 1.54) is 27.9 Å². The summed E-state index contributed by atoms with van der Waals surface area (Å²) in [4.78, 5) is 0. The van der Waals surface area contributed by atoms with Crippen molar-refractivity contribution < 1.29 is 0 Å². The lowest BCUT2D eigenvalue weighted by Crippen LogP contribution is -2.20. The summed E-state index contributed by atoms with van der Waals surface area (Å²) >= 11 is 0. The molecule has 0 aliphatic carbocycles. The number of benzene rings is 2. The molecule has 1 N–H and O–H groups in total. The summed E-state index contributed by atoms with van der Waals surface area (Å²) in [7, 11) is 0. The Balaban J connectivity index is 2.17. The van der Waals surface area contributed by atoms with Gasteiger partial charge in [-0.2, -0.15) is 0 Å². The minimum absolute atomic E-state index is 0.200. The van der Waals surface area contributed by atoms with Crippen molar-refractivity contribution >= 4 is 5.69 Å². The summed E-state index contributed by atoms with van der Waals surface area (Å²) in [6, 6.07) is 15.4. The summed E-state index contributed by atoms with van der Waals surface area (Å²) in [5.41, 5.74) is 9.22. The summed E-state index contributed by atoms with van der Waals surface area (Å²) in [5.74, 6) is 0. The minimum Gasteiger partial charge on any atom is -0.378 e. The number of hydrogen-bond donors (Lipinski definition) is 1. The quantitative estimate of drug-likeness (QED) is 0.760. The third-order valence-electron chi connectivity index (χ3n) is 3.63. The molecular formula is C20H23N. The van der Waals surface area contributed by atoms with Gasteiger partial charge in [-0.15, -0.1) is 5.73 Å². The Bertz CT molecular complexity index is 646. The second-order valence-electron chi connectivity index (χ2n) is 5.63. The fraction of sp³-hybridized carbons (Fsp3) is 0.250. The lowest BCUT2D eigenvalue weighted by Gasteiger charge is -2.18. The third kappa shape index (κ3) is 4.37. The standard InChI is InChI=1S/C20H23N/c1-5-6-19(14-18-11-8-15(2)9-12-18)21-20-13-16(3)7-10-17(20)4/h6-13,19,21H,1,14H2,2-4H3. The summed E-state index contributed by atoms with van der Waals surface area (Å²) in [5, 5.41) is 3.59. The predicted octanol–water partition coefficient (Wildman–Crippen LogP) is 4.98. The first-order valence-corrected chi connectivity index (χ1v) is 7.34. The average molecular weight is 277 g/mol. The zero-order valence-corrected chi connectivity index (χ0v) is 13.1. The number of aryl methyl sites for hydroxylation is 3. The van der Waals surface area contributed by atoms with E-state index in [9.17, 15) is 0 Å². The molecule has 2 aromatic carbocycles. The first-order chi connectivity index (χ1) is 10.1. The van der Waals surface area contributed by atoms with Crippen LogP contribution in [-0.4, -0.2) is 6.04 Å².